The van der Waals surface area contributed by atoms with Crippen molar-refractivity contribution in [2.75, 3.05) is 0 Å². The van der Waals surface area contributed by atoms with Crippen molar-refractivity contribution in [3.63, 3.8) is 0 Å². The van der Waals surface area contributed by atoms with Crippen molar-refractivity contribution in [3.8, 4) is 6.07 Å². The number of nitrogens with one attached hydrogen (secondary N) is 1. The zero-order valence-corrected chi connectivity index (χ0v) is 4.52. The lowest BCUT2D eigenvalue weighted by atomic mass is 10.2. The molecule has 1 aliphatic rings. The minimum Gasteiger partial charge on any atom is -0.293 e. The smallest absolute Gasteiger partial charge is 0.114 e. The second-order valence-electron chi connectivity index (χ2n) is 2.43. The molecule has 1 fully saturated rings. The van der Waals surface area contributed by atoms with Gasteiger partial charge in [0, 0.05) is 5.54 Å². The van der Waals surface area contributed by atoms with E-state index in [1.807, 2.05) is 13.8 Å². The van der Waals surface area contributed by atoms with Crippen molar-refractivity contribution in [1.82, 2.24) is 5.32 Å². The van der Waals surface area contributed by atoms with Crippen LogP contribution in [0.1, 0.15) is 13.8 Å². The minimum absolute atomic E-state index is 0.104. The molecular weight excluding hydrogens is 88.1 g/mol. The summed E-state index contributed by atoms with van der Waals surface area (Å²) in [6, 6.07) is 2.22. The highest BCUT2D eigenvalue weighted by Crippen LogP contribution is 2.22. The highest BCUT2D eigenvalue weighted by Gasteiger charge is 2.44. The zero-order chi connectivity index (χ0) is 5.49. The van der Waals surface area contributed by atoms with E-state index in [9.17, 15) is 0 Å². The van der Waals surface area contributed by atoms with Crippen LogP contribution in [0.5, 0.6) is 0 Å². The first-order valence-electron chi connectivity index (χ1n) is 2.34. The minimum atomic E-state index is 0.104. The zero-order valence-electron chi connectivity index (χ0n) is 4.52. The molecule has 0 bridgehead atoms. The molecule has 0 aromatic rings. The monoisotopic (exact) mass is 96.1 g/mol. The predicted octanol–water partition coefficient (Wildman–Crippen LogP) is 0.260. The summed E-state index contributed by atoms with van der Waals surface area (Å²) in [5.41, 5.74) is 0.106. The van der Waals surface area contributed by atoms with E-state index in [4.69, 9.17) is 5.26 Å². The van der Waals surface area contributed by atoms with E-state index in [1.165, 1.54) is 0 Å². The van der Waals surface area contributed by atoms with Crippen molar-refractivity contribution in [2.45, 2.75) is 25.4 Å². The molecule has 2 heteroatoms. The van der Waals surface area contributed by atoms with Gasteiger partial charge in [-0.3, -0.25) is 5.32 Å². The summed E-state index contributed by atoms with van der Waals surface area (Å²) < 4.78 is 0. The molecule has 1 N–H and O–H groups in total. The summed E-state index contributed by atoms with van der Waals surface area (Å²) in [6.45, 7) is 4.03. The van der Waals surface area contributed by atoms with Crippen molar-refractivity contribution in [1.29, 1.82) is 5.26 Å². The maximum Gasteiger partial charge on any atom is 0.114 e. The van der Waals surface area contributed by atoms with E-state index in [2.05, 4.69) is 11.4 Å². The molecule has 0 spiro atoms. The molecule has 1 aliphatic heterocycles. The first-order valence-corrected chi connectivity index (χ1v) is 2.34. The van der Waals surface area contributed by atoms with Gasteiger partial charge < -0.3 is 0 Å². The van der Waals surface area contributed by atoms with Crippen LogP contribution >= 0.6 is 0 Å². The van der Waals surface area contributed by atoms with E-state index >= 15 is 0 Å². The Bertz CT molecular complexity index is 121. The molecule has 0 aromatic carbocycles. The summed E-state index contributed by atoms with van der Waals surface area (Å²) in [5, 5.41) is 11.2. The molecule has 1 heterocycles. The van der Waals surface area contributed by atoms with Crippen LogP contribution in [0.4, 0.5) is 0 Å². The average Bonchev–Trinajstić information content (AvgIpc) is 2.13. The average molecular weight is 96.1 g/mol. The Morgan fingerprint density at radius 3 is 2.14 bits per heavy atom. The van der Waals surface area contributed by atoms with Crippen LogP contribution in [-0.4, -0.2) is 11.6 Å². The molecule has 1 unspecified atom stereocenters. The van der Waals surface area contributed by atoms with Gasteiger partial charge >= 0.3 is 0 Å². The molecule has 1 rings (SSSR count). The second-order valence-corrected chi connectivity index (χ2v) is 2.43. The number of rotatable bonds is 0. The van der Waals surface area contributed by atoms with Crippen molar-refractivity contribution < 1.29 is 0 Å². The van der Waals surface area contributed by atoms with E-state index in [0.717, 1.165) is 0 Å². The molecule has 1 saturated heterocycles. The molecular formula is C5H8N2. The molecule has 0 aromatic heterocycles. The summed E-state index contributed by atoms with van der Waals surface area (Å²) in [5.74, 6) is 0. The van der Waals surface area contributed by atoms with Gasteiger partial charge in [0.2, 0.25) is 0 Å². The third-order valence-electron chi connectivity index (χ3n) is 1.28. The van der Waals surface area contributed by atoms with Crippen LogP contribution in [0.15, 0.2) is 0 Å². The Labute approximate surface area is 43.1 Å². The Balaban J connectivity index is 2.49. The number of hydrogen-bond acceptors (Lipinski definition) is 2. The molecule has 0 saturated carbocycles. The van der Waals surface area contributed by atoms with Crippen molar-refractivity contribution >= 4 is 0 Å². The molecule has 0 amide bonds. The molecule has 0 radical (unpaired) electrons. The molecule has 38 valence electrons. The third kappa shape index (κ3) is 0.594. The van der Waals surface area contributed by atoms with Crippen LogP contribution in [0.3, 0.4) is 0 Å². The number of nitrogens with zero attached hydrogens (tertiary/aromatic N) is 1. The van der Waals surface area contributed by atoms with Crippen molar-refractivity contribution in [3.05, 3.63) is 0 Å². The van der Waals surface area contributed by atoms with E-state index in [1.54, 1.807) is 0 Å². The maximum absolute atomic E-state index is 8.23. The standard InChI is InChI=1S/C5H8N2/c1-5(2)4(3-6)7-5/h4,7H,1-2H3. The second kappa shape index (κ2) is 0.988. The summed E-state index contributed by atoms with van der Waals surface area (Å²) >= 11 is 0. The fourth-order valence-electron chi connectivity index (χ4n) is 0.524. The van der Waals surface area contributed by atoms with Gasteiger partial charge in [-0.25, -0.2) is 0 Å². The summed E-state index contributed by atoms with van der Waals surface area (Å²) in [6.07, 6.45) is 0. The Hall–Kier alpha value is -0.550. The first kappa shape index (κ1) is 4.61. The largest absolute Gasteiger partial charge is 0.293 e. The number of hydrogen-bond donors (Lipinski definition) is 1. The third-order valence-corrected chi connectivity index (χ3v) is 1.28. The van der Waals surface area contributed by atoms with E-state index in [0.29, 0.717) is 0 Å². The van der Waals surface area contributed by atoms with Crippen molar-refractivity contribution in [2.24, 2.45) is 0 Å². The summed E-state index contributed by atoms with van der Waals surface area (Å²) in [4.78, 5) is 0. The number of nitriles is 1. The normalized spacial score (nSPS) is 34.1. The fourth-order valence-corrected chi connectivity index (χ4v) is 0.524. The Morgan fingerprint density at radius 2 is 2.14 bits per heavy atom. The Morgan fingerprint density at radius 1 is 1.71 bits per heavy atom. The topological polar surface area (TPSA) is 45.7 Å². The first-order chi connectivity index (χ1) is 3.17. The summed E-state index contributed by atoms with van der Waals surface area (Å²) in [7, 11) is 0. The lowest BCUT2D eigenvalue weighted by molar-refractivity contribution is 0.772. The van der Waals surface area contributed by atoms with Gasteiger partial charge in [-0.05, 0) is 13.8 Å². The quantitative estimate of drug-likeness (QED) is 0.440. The van der Waals surface area contributed by atoms with E-state index in [-0.39, 0.29) is 11.6 Å². The van der Waals surface area contributed by atoms with Crippen LogP contribution < -0.4 is 5.32 Å². The van der Waals surface area contributed by atoms with E-state index < -0.39 is 0 Å². The van der Waals surface area contributed by atoms with Gasteiger partial charge in [-0.2, -0.15) is 5.26 Å². The van der Waals surface area contributed by atoms with Gasteiger partial charge in [-0.1, -0.05) is 0 Å². The lowest BCUT2D eigenvalue weighted by Crippen LogP contribution is -2.01. The molecule has 0 aliphatic carbocycles. The molecule has 1 atom stereocenters. The highest BCUT2D eigenvalue weighted by atomic mass is 15.2. The van der Waals surface area contributed by atoms with Crippen LogP contribution in [0.2, 0.25) is 0 Å². The highest BCUT2D eigenvalue weighted by molar-refractivity contribution is 5.19. The predicted molar refractivity (Wildman–Crippen MR) is 26.6 cm³/mol. The molecule has 2 nitrogen and oxygen atoms in total. The van der Waals surface area contributed by atoms with Gasteiger partial charge in [0.15, 0.2) is 0 Å². The Kier molecular flexibility index (Phi) is 0.650. The maximum atomic E-state index is 8.23. The SMILES string of the molecule is CC1(C)NC1C#N. The van der Waals surface area contributed by atoms with Crippen LogP contribution in [-0.2, 0) is 0 Å². The van der Waals surface area contributed by atoms with Gasteiger partial charge in [0.25, 0.3) is 0 Å². The van der Waals surface area contributed by atoms with Gasteiger partial charge in [0.1, 0.15) is 6.04 Å². The molecule has 7 heavy (non-hydrogen) atoms. The van der Waals surface area contributed by atoms with Crippen LogP contribution in [0.25, 0.3) is 0 Å². The lowest BCUT2D eigenvalue weighted by Gasteiger charge is -1.86. The van der Waals surface area contributed by atoms with Crippen LogP contribution in [0, 0.1) is 11.3 Å². The van der Waals surface area contributed by atoms with Gasteiger partial charge in [0.05, 0.1) is 6.07 Å². The van der Waals surface area contributed by atoms with Gasteiger partial charge in [-0.15, -0.1) is 0 Å². The fraction of sp³-hybridized carbons (Fsp3) is 0.800.